The molecule has 3 N–H and O–H groups in total. The summed E-state index contributed by atoms with van der Waals surface area (Å²) in [6.45, 7) is 0.451. The second kappa shape index (κ2) is 7.63. The van der Waals surface area contributed by atoms with E-state index in [4.69, 9.17) is 9.52 Å². The number of furan rings is 1. The third-order valence-corrected chi connectivity index (χ3v) is 3.67. The van der Waals surface area contributed by atoms with Gasteiger partial charge in [0.15, 0.2) is 5.76 Å². The van der Waals surface area contributed by atoms with Gasteiger partial charge >= 0.3 is 0 Å². The molecule has 1 heterocycles. The number of amides is 2. The van der Waals surface area contributed by atoms with Gasteiger partial charge in [0, 0.05) is 29.8 Å². The minimum atomic E-state index is -0.351. The Labute approximate surface area is 144 Å². The van der Waals surface area contributed by atoms with Crippen molar-refractivity contribution in [3.05, 3.63) is 65.9 Å². The Morgan fingerprint density at radius 2 is 1.76 bits per heavy atom. The number of aliphatic hydroxyl groups excluding tert-OH is 1. The fourth-order valence-corrected chi connectivity index (χ4v) is 2.37. The summed E-state index contributed by atoms with van der Waals surface area (Å²) in [5.74, 6) is -0.341. The summed E-state index contributed by atoms with van der Waals surface area (Å²) in [5.41, 5.74) is 1.71. The van der Waals surface area contributed by atoms with Crippen molar-refractivity contribution in [2.24, 2.45) is 0 Å². The SMILES string of the molecule is O=C(NCCCO)c1ccc(NC(=O)c2cc3ccccc3o2)cc1. The first-order chi connectivity index (χ1) is 12.2. The second-order valence-electron chi connectivity index (χ2n) is 5.51. The number of hydrogen-bond acceptors (Lipinski definition) is 4. The molecule has 0 aliphatic carbocycles. The van der Waals surface area contributed by atoms with Gasteiger partial charge in [0.1, 0.15) is 5.58 Å². The van der Waals surface area contributed by atoms with Gasteiger partial charge in [-0.25, -0.2) is 0 Å². The second-order valence-corrected chi connectivity index (χ2v) is 5.51. The Balaban J connectivity index is 1.64. The molecule has 3 rings (SSSR count). The lowest BCUT2D eigenvalue weighted by molar-refractivity contribution is 0.0950. The van der Waals surface area contributed by atoms with Gasteiger partial charge < -0.3 is 20.2 Å². The van der Waals surface area contributed by atoms with Crippen LogP contribution in [0.15, 0.2) is 59.0 Å². The Morgan fingerprint density at radius 3 is 2.48 bits per heavy atom. The molecule has 0 bridgehead atoms. The topological polar surface area (TPSA) is 91.6 Å². The Hall–Kier alpha value is -3.12. The molecule has 0 fully saturated rings. The molecule has 6 heteroatoms. The summed E-state index contributed by atoms with van der Waals surface area (Å²) in [5, 5.41) is 15.0. The van der Waals surface area contributed by atoms with Crippen molar-refractivity contribution >= 4 is 28.5 Å². The van der Waals surface area contributed by atoms with Gasteiger partial charge in [-0.3, -0.25) is 9.59 Å². The maximum absolute atomic E-state index is 12.3. The lowest BCUT2D eigenvalue weighted by Crippen LogP contribution is -2.24. The molecule has 0 saturated carbocycles. The van der Waals surface area contributed by atoms with Crippen LogP contribution in [0.25, 0.3) is 11.0 Å². The zero-order valence-corrected chi connectivity index (χ0v) is 13.5. The molecule has 0 atom stereocenters. The van der Waals surface area contributed by atoms with Crippen LogP contribution in [0.1, 0.15) is 27.3 Å². The standard InChI is InChI=1S/C19H18N2O4/c22-11-3-10-20-18(23)13-6-8-15(9-7-13)21-19(24)17-12-14-4-1-2-5-16(14)25-17/h1-2,4-9,12,22H,3,10-11H2,(H,20,23)(H,21,24). The zero-order chi connectivity index (χ0) is 17.6. The number of carbonyl (C=O) groups excluding carboxylic acids is 2. The van der Waals surface area contributed by atoms with Gasteiger partial charge in [0.05, 0.1) is 0 Å². The van der Waals surface area contributed by atoms with Gasteiger partial charge in [-0.2, -0.15) is 0 Å². The first kappa shape index (κ1) is 16.7. The molecular weight excluding hydrogens is 320 g/mol. The van der Waals surface area contributed by atoms with Gasteiger partial charge in [0.2, 0.25) is 0 Å². The molecule has 0 aliphatic rings. The normalized spacial score (nSPS) is 10.6. The molecule has 0 aliphatic heterocycles. The lowest BCUT2D eigenvalue weighted by atomic mass is 10.2. The van der Waals surface area contributed by atoms with Crippen molar-refractivity contribution in [1.29, 1.82) is 0 Å². The van der Waals surface area contributed by atoms with Gasteiger partial charge in [0.25, 0.3) is 11.8 Å². The van der Waals surface area contributed by atoms with Crippen molar-refractivity contribution in [3.8, 4) is 0 Å². The predicted molar refractivity (Wildman–Crippen MR) is 94.6 cm³/mol. The fourth-order valence-electron chi connectivity index (χ4n) is 2.37. The summed E-state index contributed by atoms with van der Waals surface area (Å²) < 4.78 is 5.52. The minimum absolute atomic E-state index is 0.0348. The van der Waals surface area contributed by atoms with Crippen molar-refractivity contribution in [2.45, 2.75) is 6.42 Å². The van der Waals surface area contributed by atoms with Gasteiger partial charge in [-0.15, -0.1) is 0 Å². The summed E-state index contributed by atoms with van der Waals surface area (Å²) in [6, 6.07) is 15.7. The van der Waals surface area contributed by atoms with Crippen molar-refractivity contribution in [3.63, 3.8) is 0 Å². The van der Waals surface area contributed by atoms with Crippen LogP contribution >= 0.6 is 0 Å². The molecule has 0 spiro atoms. The van der Waals surface area contributed by atoms with E-state index in [-0.39, 0.29) is 24.2 Å². The van der Waals surface area contributed by atoms with E-state index in [0.717, 1.165) is 5.39 Å². The van der Waals surface area contributed by atoms with Crippen LogP contribution in [-0.4, -0.2) is 30.1 Å². The highest BCUT2D eigenvalue weighted by atomic mass is 16.3. The monoisotopic (exact) mass is 338 g/mol. The number of fused-ring (bicyclic) bond motifs is 1. The summed E-state index contributed by atoms with van der Waals surface area (Å²) in [7, 11) is 0. The molecular formula is C19H18N2O4. The van der Waals surface area contributed by atoms with Crippen LogP contribution in [0.5, 0.6) is 0 Å². The van der Waals surface area contributed by atoms with Crippen LogP contribution in [0, 0.1) is 0 Å². The Kier molecular flexibility index (Phi) is 5.11. The smallest absolute Gasteiger partial charge is 0.291 e. The lowest BCUT2D eigenvalue weighted by Gasteiger charge is -2.06. The number of para-hydroxylation sites is 1. The molecule has 2 amide bonds. The van der Waals surface area contributed by atoms with Crippen LogP contribution in [0.3, 0.4) is 0 Å². The summed E-state index contributed by atoms with van der Waals surface area (Å²) in [6.07, 6.45) is 0.511. The highest BCUT2D eigenvalue weighted by Crippen LogP contribution is 2.20. The molecule has 128 valence electrons. The molecule has 0 unspecified atom stereocenters. The first-order valence-corrected chi connectivity index (χ1v) is 7.96. The number of nitrogens with one attached hydrogen (secondary N) is 2. The van der Waals surface area contributed by atoms with Gasteiger partial charge in [-0.1, -0.05) is 18.2 Å². The van der Waals surface area contributed by atoms with Crippen molar-refractivity contribution in [1.82, 2.24) is 5.32 Å². The zero-order valence-electron chi connectivity index (χ0n) is 13.5. The number of benzene rings is 2. The molecule has 1 aromatic heterocycles. The van der Waals surface area contributed by atoms with E-state index in [9.17, 15) is 9.59 Å². The van der Waals surface area contributed by atoms with Crippen LogP contribution in [-0.2, 0) is 0 Å². The molecule has 6 nitrogen and oxygen atoms in total. The van der Waals surface area contributed by atoms with Crippen LogP contribution in [0.4, 0.5) is 5.69 Å². The van der Waals surface area contributed by atoms with Crippen molar-refractivity contribution < 1.29 is 19.1 Å². The van der Waals surface area contributed by atoms with Crippen LogP contribution in [0.2, 0.25) is 0 Å². The summed E-state index contributed by atoms with van der Waals surface area (Å²) in [4.78, 5) is 24.1. The number of aliphatic hydroxyl groups is 1. The average Bonchev–Trinajstić information content (AvgIpc) is 3.07. The molecule has 2 aromatic carbocycles. The van der Waals surface area contributed by atoms with E-state index in [2.05, 4.69) is 10.6 Å². The molecule has 0 saturated heterocycles. The van der Waals surface area contributed by atoms with Crippen molar-refractivity contribution in [2.75, 3.05) is 18.5 Å². The highest BCUT2D eigenvalue weighted by Gasteiger charge is 2.12. The van der Waals surface area contributed by atoms with E-state index in [0.29, 0.717) is 29.8 Å². The Bertz CT molecular complexity index is 851. The Morgan fingerprint density at radius 1 is 1.00 bits per heavy atom. The van der Waals surface area contributed by atoms with E-state index in [1.165, 1.54) is 0 Å². The quantitative estimate of drug-likeness (QED) is 0.603. The minimum Gasteiger partial charge on any atom is -0.451 e. The van der Waals surface area contributed by atoms with E-state index in [1.807, 2.05) is 18.2 Å². The highest BCUT2D eigenvalue weighted by molar-refractivity contribution is 6.05. The van der Waals surface area contributed by atoms with E-state index in [1.54, 1.807) is 36.4 Å². The fraction of sp³-hybridized carbons (Fsp3) is 0.158. The number of anilines is 1. The summed E-state index contributed by atoms with van der Waals surface area (Å²) >= 11 is 0. The third kappa shape index (κ3) is 4.05. The molecule has 0 radical (unpaired) electrons. The maximum atomic E-state index is 12.3. The van der Waals surface area contributed by atoms with Gasteiger partial charge in [-0.05, 0) is 42.8 Å². The molecule has 3 aromatic rings. The van der Waals surface area contributed by atoms with E-state index >= 15 is 0 Å². The maximum Gasteiger partial charge on any atom is 0.291 e. The number of rotatable bonds is 6. The number of carbonyl (C=O) groups is 2. The predicted octanol–water partition coefficient (Wildman–Crippen LogP) is 2.80. The third-order valence-electron chi connectivity index (χ3n) is 3.67. The first-order valence-electron chi connectivity index (χ1n) is 7.96. The number of hydrogen-bond donors (Lipinski definition) is 3. The molecule has 25 heavy (non-hydrogen) atoms. The average molecular weight is 338 g/mol. The van der Waals surface area contributed by atoms with E-state index < -0.39 is 0 Å². The van der Waals surface area contributed by atoms with Crippen LogP contribution < -0.4 is 10.6 Å². The largest absolute Gasteiger partial charge is 0.451 e.